The third-order valence-corrected chi connectivity index (χ3v) is 6.42. The highest BCUT2D eigenvalue weighted by molar-refractivity contribution is 7.08. The number of ether oxygens (including phenoxy) is 2. The van der Waals surface area contributed by atoms with E-state index in [1.54, 1.807) is 25.0 Å². The first-order valence-corrected chi connectivity index (χ1v) is 11.2. The van der Waals surface area contributed by atoms with Gasteiger partial charge in [-0.25, -0.2) is 0 Å². The highest BCUT2D eigenvalue weighted by Gasteiger charge is 2.19. The van der Waals surface area contributed by atoms with Crippen LogP contribution in [0, 0.1) is 0 Å². The van der Waals surface area contributed by atoms with Crippen LogP contribution in [0.25, 0.3) is 0 Å². The summed E-state index contributed by atoms with van der Waals surface area (Å²) in [6.07, 6.45) is 1.96. The molecule has 0 radical (unpaired) electrons. The first kappa shape index (κ1) is 21.2. The summed E-state index contributed by atoms with van der Waals surface area (Å²) in [5.74, 6) is 1.40. The van der Waals surface area contributed by atoms with Crippen molar-refractivity contribution in [1.82, 2.24) is 4.90 Å². The molecule has 7 heteroatoms. The summed E-state index contributed by atoms with van der Waals surface area (Å²) in [5.41, 5.74) is 11.5. The molecule has 0 spiro atoms. The van der Waals surface area contributed by atoms with E-state index in [1.165, 1.54) is 28.0 Å². The number of amides is 1. The third kappa shape index (κ3) is 4.84. The zero-order valence-corrected chi connectivity index (χ0v) is 18.6. The van der Waals surface area contributed by atoms with E-state index in [2.05, 4.69) is 34.5 Å². The molecule has 3 aromatic rings. The van der Waals surface area contributed by atoms with Gasteiger partial charge in [0.25, 0.3) is 5.91 Å². The second-order valence-electron chi connectivity index (χ2n) is 7.64. The van der Waals surface area contributed by atoms with Crippen molar-refractivity contribution in [3.05, 3.63) is 69.4 Å². The summed E-state index contributed by atoms with van der Waals surface area (Å²) in [7, 11) is 3.35. The predicted molar refractivity (Wildman–Crippen MR) is 125 cm³/mol. The molecule has 0 unspecified atom stereocenters. The lowest BCUT2D eigenvalue weighted by Crippen LogP contribution is -2.32. The number of carbonyl (C=O) groups excluding carboxylic acids is 1. The SMILES string of the molecule is COc1cc2c(cc1OC)CN(CCc1ccc(NC(=O)c3cscc3N)cc1)CC2. The highest BCUT2D eigenvalue weighted by Crippen LogP contribution is 2.33. The van der Waals surface area contributed by atoms with E-state index in [-0.39, 0.29) is 5.91 Å². The Labute approximate surface area is 186 Å². The van der Waals surface area contributed by atoms with Gasteiger partial charge in [-0.2, -0.15) is 0 Å². The Kier molecular flexibility index (Phi) is 6.44. The number of benzene rings is 2. The second-order valence-corrected chi connectivity index (χ2v) is 8.39. The molecule has 4 rings (SSSR count). The minimum Gasteiger partial charge on any atom is -0.493 e. The number of nitrogens with two attached hydrogens (primary N) is 1. The van der Waals surface area contributed by atoms with Crippen LogP contribution < -0.4 is 20.5 Å². The average Bonchev–Trinajstić information content (AvgIpc) is 3.23. The first-order chi connectivity index (χ1) is 15.1. The lowest BCUT2D eigenvalue weighted by atomic mass is 9.98. The molecule has 2 heterocycles. The van der Waals surface area contributed by atoms with E-state index in [0.29, 0.717) is 11.3 Å². The van der Waals surface area contributed by atoms with Crippen molar-refractivity contribution in [1.29, 1.82) is 0 Å². The Morgan fingerprint density at radius 2 is 1.81 bits per heavy atom. The Morgan fingerprint density at radius 1 is 1.10 bits per heavy atom. The minimum atomic E-state index is -0.175. The maximum atomic E-state index is 12.3. The largest absolute Gasteiger partial charge is 0.493 e. The van der Waals surface area contributed by atoms with Crippen LogP contribution in [-0.2, 0) is 19.4 Å². The van der Waals surface area contributed by atoms with Gasteiger partial charge in [0.05, 0.1) is 25.5 Å². The molecule has 0 aliphatic carbocycles. The maximum Gasteiger partial charge on any atom is 0.258 e. The van der Waals surface area contributed by atoms with Gasteiger partial charge in [-0.1, -0.05) is 12.1 Å². The predicted octanol–water partition coefficient (Wildman–Crippen LogP) is 4.20. The molecule has 1 aromatic heterocycles. The number of anilines is 2. The first-order valence-electron chi connectivity index (χ1n) is 10.3. The Bertz CT molecular complexity index is 1060. The number of hydrogen-bond donors (Lipinski definition) is 2. The zero-order valence-electron chi connectivity index (χ0n) is 17.8. The average molecular weight is 438 g/mol. The number of thiophene rings is 1. The molecule has 1 aliphatic heterocycles. The van der Waals surface area contributed by atoms with Crippen LogP contribution in [0.15, 0.2) is 47.2 Å². The lowest BCUT2D eigenvalue weighted by molar-refractivity contribution is 0.102. The van der Waals surface area contributed by atoms with Gasteiger partial charge in [-0.05, 0) is 53.8 Å². The Morgan fingerprint density at radius 3 is 2.45 bits per heavy atom. The molecular formula is C24H27N3O3S. The number of nitrogen functional groups attached to an aromatic ring is 1. The molecular weight excluding hydrogens is 410 g/mol. The van der Waals surface area contributed by atoms with E-state index in [4.69, 9.17) is 15.2 Å². The number of nitrogens with one attached hydrogen (secondary N) is 1. The number of carbonyl (C=O) groups is 1. The molecule has 0 saturated carbocycles. The standard InChI is InChI=1S/C24H27N3O3S/c1-29-22-11-17-8-10-27(13-18(17)12-23(22)30-2)9-7-16-3-5-19(6-4-16)26-24(28)20-14-31-15-21(20)25/h3-6,11-12,14-15H,7-10,13,25H2,1-2H3,(H,26,28). The minimum absolute atomic E-state index is 0.175. The molecule has 6 nitrogen and oxygen atoms in total. The maximum absolute atomic E-state index is 12.3. The molecule has 2 aromatic carbocycles. The van der Waals surface area contributed by atoms with Gasteiger partial charge >= 0.3 is 0 Å². The molecule has 1 amide bonds. The van der Waals surface area contributed by atoms with Crippen molar-refractivity contribution in [2.24, 2.45) is 0 Å². The summed E-state index contributed by atoms with van der Waals surface area (Å²) in [5, 5.41) is 6.44. The van der Waals surface area contributed by atoms with Crippen LogP contribution >= 0.6 is 11.3 Å². The third-order valence-electron chi connectivity index (χ3n) is 5.66. The van der Waals surface area contributed by atoms with Crippen LogP contribution in [0.2, 0.25) is 0 Å². The molecule has 0 saturated heterocycles. The van der Waals surface area contributed by atoms with Crippen LogP contribution in [0.5, 0.6) is 11.5 Å². The van der Waals surface area contributed by atoms with Crippen molar-refractivity contribution in [3.63, 3.8) is 0 Å². The van der Waals surface area contributed by atoms with Crippen molar-refractivity contribution in [3.8, 4) is 11.5 Å². The number of rotatable bonds is 7. The molecule has 162 valence electrons. The molecule has 1 aliphatic rings. The second kappa shape index (κ2) is 9.41. The fourth-order valence-corrected chi connectivity index (χ4v) is 4.59. The Balaban J connectivity index is 1.33. The van der Waals surface area contributed by atoms with Gasteiger partial charge in [0.15, 0.2) is 11.5 Å². The number of methoxy groups -OCH3 is 2. The fourth-order valence-electron chi connectivity index (χ4n) is 3.86. The summed E-state index contributed by atoms with van der Waals surface area (Å²) in [6.45, 7) is 2.91. The van der Waals surface area contributed by atoms with Crippen molar-refractivity contribution >= 4 is 28.6 Å². The molecule has 3 N–H and O–H groups in total. The zero-order chi connectivity index (χ0) is 21.8. The summed E-state index contributed by atoms with van der Waals surface area (Å²) in [6, 6.07) is 12.2. The lowest BCUT2D eigenvalue weighted by Gasteiger charge is -2.29. The van der Waals surface area contributed by atoms with E-state index >= 15 is 0 Å². The summed E-state index contributed by atoms with van der Waals surface area (Å²) >= 11 is 1.42. The van der Waals surface area contributed by atoms with Gasteiger partial charge in [-0.3, -0.25) is 9.69 Å². The van der Waals surface area contributed by atoms with Crippen molar-refractivity contribution in [2.45, 2.75) is 19.4 Å². The quantitative estimate of drug-likeness (QED) is 0.579. The van der Waals surface area contributed by atoms with Crippen LogP contribution in [0.1, 0.15) is 27.0 Å². The number of hydrogen-bond acceptors (Lipinski definition) is 6. The summed E-state index contributed by atoms with van der Waals surface area (Å²) < 4.78 is 10.9. The molecule has 31 heavy (non-hydrogen) atoms. The molecule has 0 fully saturated rings. The number of nitrogens with zero attached hydrogens (tertiary/aromatic N) is 1. The van der Waals surface area contributed by atoms with Crippen LogP contribution in [-0.4, -0.2) is 38.1 Å². The smallest absolute Gasteiger partial charge is 0.258 e. The van der Waals surface area contributed by atoms with Gasteiger partial charge in [-0.15, -0.1) is 11.3 Å². The van der Waals surface area contributed by atoms with Gasteiger partial charge in [0, 0.05) is 36.1 Å². The normalized spacial score (nSPS) is 13.5. The molecule has 0 atom stereocenters. The van der Waals surface area contributed by atoms with Gasteiger partial charge < -0.3 is 20.5 Å². The van der Waals surface area contributed by atoms with E-state index in [0.717, 1.165) is 49.7 Å². The van der Waals surface area contributed by atoms with E-state index < -0.39 is 0 Å². The Hall–Kier alpha value is -3.03. The molecule has 0 bridgehead atoms. The monoisotopic (exact) mass is 437 g/mol. The van der Waals surface area contributed by atoms with Crippen LogP contribution in [0.4, 0.5) is 11.4 Å². The van der Waals surface area contributed by atoms with E-state index in [1.807, 2.05) is 12.1 Å². The highest BCUT2D eigenvalue weighted by atomic mass is 32.1. The van der Waals surface area contributed by atoms with Crippen LogP contribution in [0.3, 0.4) is 0 Å². The summed E-state index contributed by atoms with van der Waals surface area (Å²) in [4.78, 5) is 14.8. The number of fused-ring (bicyclic) bond motifs is 1. The van der Waals surface area contributed by atoms with Crippen molar-refractivity contribution in [2.75, 3.05) is 38.4 Å². The van der Waals surface area contributed by atoms with Crippen molar-refractivity contribution < 1.29 is 14.3 Å². The fraction of sp³-hybridized carbons (Fsp3) is 0.292. The van der Waals surface area contributed by atoms with Gasteiger partial charge in [0.2, 0.25) is 0 Å². The van der Waals surface area contributed by atoms with Gasteiger partial charge in [0.1, 0.15) is 0 Å². The van der Waals surface area contributed by atoms with E-state index in [9.17, 15) is 4.79 Å². The topological polar surface area (TPSA) is 76.8 Å².